The summed E-state index contributed by atoms with van der Waals surface area (Å²) in [4.78, 5) is 0. The van der Waals surface area contributed by atoms with E-state index >= 15 is 0 Å². The minimum absolute atomic E-state index is 0.598. The monoisotopic (exact) mass is 255 g/mol. The lowest BCUT2D eigenvalue weighted by atomic mass is 9.95. The van der Waals surface area contributed by atoms with Crippen molar-refractivity contribution >= 4 is 11.8 Å². The van der Waals surface area contributed by atoms with Crippen LogP contribution in [-0.4, -0.2) is 27.2 Å². The Labute approximate surface area is 107 Å². The molecule has 1 aliphatic carbocycles. The highest BCUT2D eigenvalue weighted by Crippen LogP contribution is 2.28. The number of nitrogens with zero attached hydrogens (tertiary/aromatic N) is 2. The highest BCUT2D eigenvalue weighted by Gasteiger charge is 2.24. The minimum atomic E-state index is 0.598. The summed E-state index contributed by atoms with van der Waals surface area (Å²) in [6.07, 6.45) is 5.31. The van der Waals surface area contributed by atoms with E-state index in [1.807, 2.05) is 6.92 Å². The van der Waals surface area contributed by atoms with E-state index in [1.165, 1.54) is 31.4 Å². The summed E-state index contributed by atoms with van der Waals surface area (Å²) in [5, 5.41) is 12.2. The summed E-state index contributed by atoms with van der Waals surface area (Å²) in [6, 6.07) is 0.598. The van der Waals surface area contributed by atoms with Crippen molar-refractivity contribution in [3.8, 4) is 0 Å². The Kier molecular flexibility index (Phi) is 4.86. The highest BCUT2D eigenvalue weighted by molar-refractivity contribution is 7.99. The number of aromatic nitrogens is 2. The van der Waals surface area contributed by atoms with Gasteiger partial charge in [-0.1, -0.05) is 19.8 Å². The average Bonchev–Trinajstić information content (AvgIpc) is 2.74. The van der Waals surface area contributed by atoms with E-state index in [1.54, 1.807) is 0 Å². The van der Waals surface area contributed by atoms with Crippen LogP contribution in [-0.2, 0) is 6.54 Å². The molecule has 0 spiro atoms. The van der Waals surface area contributed by atoms with E-state index in [9.17, 15) is 0 Å². The molecule has 1 aromatic heterocycles. The Hall–Kier alpha value is -0.550. The predicted molar refractivity (Wildman–Crippen MR) is 70.1 cm³/mol. The molecule has 4 nitrogen and oxygen atoms in total. The summed E-state index contributed by atoms with van der Waals surface area (Å²) >= 11 is 2.07. The van der Waals surface area contributed by atoms with Crippen molar-refractivity contribution in [2.24, 2.45) is 0 Å². The molecule has 2 atom stereocenters. The standard InChI is InChI=1S/C12H21N3OS/c1-3-17-11-7-5-4-6-10(11)13-8-12-15-14-9(2)16-12/h10-11,13H,3-8H2,1-2H3/t10-,11+/m0/s1. The van der Waals surface area contributed by atoms with Gasteiger partial charge < -0.3 is 9.73 Å². The second kappa shape index (κ2) is 6.40. The molecule has 17 heavy (non-hydrogen) atoms. The van der Waals surface area contributed by atoms with Crippen LogP contribution in [0.25, 0.3) is 0 Å². The Morgan fingerprint density at radius 2 is 2.18 bits per heavy atom. The van der Waals surface area contributed by atoms with Gasteiger partial charge in [0.05, 0.1) is 6.54 Å². The first-order valence-corrected chi connectivity index (χ1v) is 7.48. The van der Waals surface area contributed by atoms with E-state index < -0.39 is 0 Å². The molecule has 0 amide bonds. The van der Waals surface area contributed by atoms with Crippen LogP contribution in [0.5, 0.6) is 0 Å². The third-order valence-electron chi connectivity index (χ3n) is 3.17. The first-order valence-electron chi connectivity index (χ1n) is 6.43. The fourth-order valence-electron chi connectivity index (χ4n) is 2.37. The van der Waals surface area contributed by atoms with Crippen LogP contribution in [0.2, 0.25) is 0 Å². The van der Waals surface area contributed by atoms with Gasteiger partial charge in [-0.15, -0.1) is 10.2 Å². The van der Waals surface area contributed by atoms with Crippen LogP contribution in [0.1, 0.15) is 44.4 Å². The Balaban J connectivity index is 1.83. The fourth-order valence-corrected chi connectivity index (χ4v) is 3.60. The number of rotatable bonds is 5. The van der Waals surface area contributed by atoms with Gasteiger partial charge in [-0.25, -0.2) is 0 Å². The molecule has 2 rings (SSSR count). The number of aryl methyl sites for hydroxylation is 1. The van der Waals surface area contributed by atoms with Crippen LogP contribution < -0.4 is 5.32 Å². The van der Waals surface area contributed by atoms with Crippen LogP contribution in [0.15, 0.2) is 4.42 Å². The molecule has 1 fully saturated rings. The fraction of sp³-hybridized carbons (Fsp3) is 0.833. The number of nitrogens with one attached hydrogen (secondary N) is 1. The van der Waals surface area contributed by atoms with Gasteiger partial charge in [0.2, 0.25) is 11.8 Å². The Morgan fingerprint density at radius 1 is 1.35 bits per heavy atom. The molecule has 1 aliphatic rings. The first kappa shape index (κ1) is 12.9. The summed E-state index contributed by atoms with van der Waals surface area (Å²) in [5.41, 5.74) is 0. The second-order valence-electron chi connectivity index (χ2n) is 4.48. The van der Waals surface area contributed by atoms with Gasteiger partial charge in [-0.05, 0) is 18.6 Å². The number of hydrogen-bond acceptors (Lipinski definition) is 5. The summed E-state index contributed by atoms with van der Waals surface area (Å²) in [5.74, 6) is 2.54. The van der Waals surface area contributed by atoms with Gasteiger partial charge in [0.25, 0.3) is 0 Å². The molecule has 0 aromatic carbocycles. The molecule has 1 heterocycles. The summed E-state index contributed by atoms with van der Waals surface area (Å²) in [6.45, 7) is 4.76. The number of thioether (sulfide) groups is 1. The zero-order valence-corrected chi connectivity index (χ0v) is 11.4. The summed E-state index contributed by atoms with van der Waals surface area (Å²) in [7, 11) is 0. The van der Waals surface area contributed by atoms with Crippen LogP contribution in [0.3, 0.4) is 0 Å². The van der Waals surface area contributed by atoms with Gasteiger partial charge in [0, 0.05) is 18.2 Å². The SMILES string of the molecule is CCS[C@@H]1CCCC[C@@H]1NCc1nnc(C)o1. The molecule has 0 bridgehead atoms. The zero-order chi connectivity index (χ0) is 12.1. The molecule has 0 saturated heterocycles. The minimum Gasteiger partial charge on any atom is -0.424 e. The highest BCUT2D eigenvalue weighted by atomic mass is 32.2. The van der Waals surface area contributed by atoms with Gasteiger partial charge in [-0.2, -0.15) is 11.8 Å². The molecule has 1 aromatic rings. The van der Waals surface area contributed by atoms with E-state index in [0.717, 1.165) is 5.25 Å². The zero-order valence-electron chi connectivity index (χ0n) is 10.6. The third-order valence-corrected chi connectivity index (χ3v) is 4.49. The van der Waals surface area contributed by atoms with E-state index in [2.05, 4.69) is 34.2 Å². The largest absolute Gasteiger partial charge is 0.424 e. The lowest BCUT2D eigenvalue weighted by Crippen LogP contribution is -2.40. The normalized spacial score (nSPS) is 25.1. The molecular weight excluding hydrogens is 234 g/mol. The van der Waals surface area contributed by atoms with Gasteiger partial charge in [-0.3, -0.25) is 0 Å². The van der Waals surface area contributed by atoms with E-state index in [4.69, 9.17) is 4.42 Å². The van der Waals surface area contributed by atoms with E-state index in [-0.39, 0.29) is 0 Å². The maximum atomic E-state index is 5.38. The lowest BCUT2D eigenvalue weighted by molar-refractivity contribution is 0.358. The van der Waals surface area contributed by atoms with Crippen LogP contribution in [0, 0.1) is 6.92 Å². The van der Waals surface area contributed by atoms with Crippen molar-refractivity contribution in [3.63, 3.8) is 0 Å². The average molecular weight is 255 g/mol. The van der Waals surface area contributed by atoms with Crippen molar-refractivity contribution in [2.45, 2.75) is 57.4 Å². The van der Waals surface area contributed by atoms with Crippen molar-refractivity contribution in [1.82, 2.24) is 15.5 Å². The van der Waals surface area contributed by atoms with Gasteiger partial charge in [0.15, 0.2) is 0 Å². The quantitative estimate of drug-likeness (QED) is 0.876. The molecule has 1 saturated carbocycles. The van der Waals surface area contributed by atoms with Crippen molar-refractivity contribution in [3.05, 3.63) is 11.8 Å². The first-order chi connectivity index (χ1) is 8.29. The topological polar surface area (TPSA) is 51.0 Å². The van der Waals surface area contributed by atoms with Crippen LogP contribution in [0.4, 0.5) is 0 Å². The molecular formula is C12H21N3OS. The Bertz CT molecular complexity index is 340. The molecule has 1 N–H and O–H groups in total. The van der Waals surface area contributed by atoms with Gasteiger partial charge in [0.1, 0.15) is 0 Å². The Morgan fingerprint density at radius 3 is 2.88 bits per heavy atom. The lowest BCUT2D eigenvalue weighted by Gasteiger charge is -2.31. The molecule has 0 radical (unpaired) electrons. The maximum Gasteiger partial charge on any atom is 0.230 e. The molecule has 0 aliphatic heterocycles. The van der Waals surface area contributed by atoms with Crippen LogP contribution >= 0.6 is 11.8 Å². The van der Waals surface area contributed by atoms with Crippen molar-refractivity contribution in [2.75, 3.05) is 5.75 Å². The maximum absolute atomic E-state index is 5.38. The van der Waals surface area contributed by atoms with Crippen molar-refractivity contribution in [1.29, 1.82) is 0 Å². The van der Waals surface area contributed by atoms with Gasteiger partial charge >= 0.3 is 0 Å². The third kappa shape index (κ3) is 3.71. The van der Waals surface area contributed by atoms with Crippen molar-refractivity contribution < 1.29 is 4.42 Å². The summed E-state index contributed by atoms with van der Waals surface area (Å²) < 4.78 is 5.38. The predicted octanol–water partition coefficient (Wildman–Crippen LogP) is 2.53. The second-order valence-corrected chi connectivity index (χ2v) is 6.00. The number of hydrogen-bond donors (Lipinski definition) is 1. The smallest absolute Gasteiger partial charge is 0.230 e. The molecule has 0 unspecified atom stereocenters. The van der Waals surface area contributed by atoms with E-state index in [0.29, 0.717) is 24.4 Å². The molecule has 96 valence electrons. The molecule has 5 heteroatoms.